The molecule has 106 valence electrons. The molecule has 1 aromatic heterocycles. The van der Waals surface area contributed by atoms with E-state index in [1.807, 2.05) is 0 Å². The van der Waals surface area contributed by atoms with E-state index in [4.69, 9.17) is 15.1 Å². The molecule has 1 fully saturated rings. The number of anilines is 1. The second kappa shape index (κ2) is 5.19. The number of aliphatic hydroxyl groups excluding tert-OH is 3. The number of halogens is 1. The van der Waals surface area contributed by atoms with Gasteiger partial charge in [0.1, 0.15) is 18.3 Å². The van der Waals surface area contributed by atoms with Crippen LogP contribution in [0.1, 0.15) is 6.23 Å². The van der Waals surface area contributed by atoms with E-state index >= 15 is 0 Å². The number of nitrogens with zero attached hydrogens (tertiary/aromatic N) is 2. The van der Waals surface area contributed by atoms with Gasteiger partial charge in [0.05, 0.1) is 0 Å². The summed E-state index contributed by atoms with van der Waals surface area (Å²) in [6, 6.07) is 1.20. The molecular formula is C9H12FN3O6. The normalized spacial score (nSPS) is 32.3. The van der Waals surface area contributed by atoms with E-state index in [0.29, 0.717) is 0 Å². The van der Waals surface area contributed by atoms with E-state index in [-0.39, 0.29) is 5.82 Å². The number of ether oxygens (including phenoxy) is 1. The van der Waals surface area contributed by atoms with Crippen molar-refractivity contribution in [2.24, 2.45) is 0 Å². The summed E-state index contributed by atoms with van der Waals surface area (Å²) in [6.07, 6.45) is -7.73. The quantitative estimate of drug-likeness (QED) is 0.398. The second-order valence-electron chi connectivity index (χ2n) is 3.96. The predicted octanol–water partition coefficient (Wildman–Crippen LogP) is -2.05. The summed E-state index contributed by atoms with van der Waals surface area (Å²) >= 11 is 0. The van der Waals surface area contributed by atoms with Crippen LogP contribution in [0.25, 0.3) is 0 Å². The van der Waals surface area contributed by atoms with Crippen molar-refractivity contribution in [3.05, 3.63) is 22.7 Å². The second-order valence-corrected chi connectivity index (χ2v) is 3.96. The van der Waals surface area contributed by atoms with Gasteiger partial charge >= 0.3 is 5.69 Å². The zero-order chi connectivity index (χ0) is 14.2. The zero-order valence-corrected chi connectivity index (χ0v) is 9.42. The fraction of sp³-hybridized carbons (Fsp3) is 0.556. The Hall–Kier alpha value is -1.59. The Kier molecular flexibility index (Phi) is 3.78. The molecule has 2 rings (SSSR count). The highest BCUT2D eigenvalue weighted by molar-refractivity contribution is 5.28. The molecule has 5 N–H and O–H groups in total. The lowest BCUT2D eigenvalue weighted by molar-refractivity contribution is -0.131. The van der Waals surface area contributed by atoms with E-state index in [9.17, 15) is 19.4 Å². The maximum absolute atomic E-state index is 12.8. The first kappa shape index (κ1) is 13.8. The molecule has 1 aliphatic heterocycles. The van der Waals surface area contributed by atoms with Crippen molar-refractivity contribution in [1.29, 1.82) is 0 Å². The average molecular weight is 277 g/mol. The Labute approximate surface area is 105 Å². The van der Waals surface area contributed by atoms with Gasteiger partial charge in [0, 0.05) is 6.20 Å². The molecule has 0 aromatic carbocycles. The first-order valence-electron chi connectivity index (χ1n) is 5.28. The topological polar surface area (TPSA) is 137 Å². The molecule has 0 aliphatic carbocycles. The third-order valence-electron chi connectivity index (χ3n) is 2.77. The lowest BCUT2D eigenvalue weighted by atomic mass is 10.1. The van der Waals surface area contributed by atoms with Crippen LogP contribution in [-0.4, -0.2) is 54.7 Å². The molecule has 1 unspecified atom stereocenters. The molecule has 1 aromatic rings. The van der Waals surface area contributed by atoms with Gasteiger partial charge in [-0.25, -0.2) is 9.18 Å². The van der Waals surface area contributed by atoms with Gasteiger partial charge in [-0.1, -0.05) is 0 Å². The van der Waals surface area contributed by atoms with Gasteiger partial charge in [0.15, 0.2) is 12.0 Å². The van der Waals surface area contributed by atoms with Gasteiger partial charge in [0.25, 0.3) is 0 Å². The first-order chi connectivity index (χ1) is 8.95. The van der Waals surface area contributed by atoms with Crippen LogP contribution in [0.2, 0.25) is 0 Å². The van der Waals surface area contributed by atoms with Crippen molar-refractivity contribution in [1.82, 2.24) is 9.55 Å². The first-order valence-corrected chi connectivity index (χ1v) is 5.28. The molecule has 10 heteroatoms. The fourth-order valence-corrected chi connectivity index (χ4v) is 1.81. The molecule has 5 atom stereocenters. The Balaban J connectivity index is 2.30. The molecule has 1 aliphatic rings. The minimum absolute atomic E-state index is 0.128. The molecule has 0 spiro atoms. The Morgan fingerprint density at radius 3 is 2.63 bits per heavy atom. The summed E-state index contributed by atoms with van der Waals surface area (Å²) in [5.74, 6) is -0.128. The summed E-state index contributed by atoms with van der Waals surface area (Å²) in [4.78, 5) is 15.0. The summed E-state index contributed by atoms with van der Waals surface area (Å²) in [5, 5.41) is 36.5. The number of aromatic nitrogens is 2. The summed E-state index contributed by atoms with van der Waals surface area (Å²) in [6.45, 7) is 0. The van der Waals surface area contributed by atoms with Gasteiger partial charge in [-0.3, -0.25) is 15.3 Å². The maximum atomic E-state index is 12.8. The standard InChI is InChI=1S/C9H12FN3O6/c10-7(16)6-4(14)5(15)8(19-6)13-2-1-3(12-18)11-9(13)17/h1-2,4-8,14-16,18H,(H,11,12,17)/t4-,5+,6-,7?,8+/m0/s1. The molecule has 1 saturated heterocycles. The van der Waals surface area contributed by atoms with Crippen LogP contribution in [-0.2, 0) is 4.74 Å². The molecule has 0 radical (unpaired) electrons. The molecular weight excluding hydrogens is 265 g/mol. The van der Waals surface area contributed by atoms with Gasteiger partial charge in [-0.05, 0) is 6.07 Å². The largest absolute Gasteiger partial charge is 0.387 e. The number of nitrogens with one attached hydrogen (secondary N) is 1. The Bertz CT molecular complexity index is 509. The van der Waals surface area contributed by atoms with E-state index in [0.717, 1.165) is 10.8 Å². The number of hydrogen-bond donors (Lipinski definition) is 5. The summed E-state index contributed by atoms with van der Waals surface area (Å²) < 4.78 is 18.5. The van der Waals surface area contributed by atoms with E-state index in [1.165, 1.54) is 6.07 Å². The van der Waals surface area contributed by atoms with Crippen molar-refractivity contribution >= 4 is 5.82 Å². The number of hydrogen-bond acceptors (Lipinski definition) is 8. The number of aliphatic hydroxyl groups is 3. The molecule has 19 heavy (non-hydrogen) atoms. The molecule has 2 heterocycles. The van der Waals surface area contributed by atoms with E-state index in [1.54, 1.807) is 5.48 Å². The molecule has 9 nitrogen and oxygen atoms in total. The van der Waals surface area contributed by atoms with Crippen molar-refractivity contribution in [2.45, 2.75) is 30.9 Å². The minimum atomic E-state index is -2.50. The monoisotopic (exact) mass is 277 g/mol. The zero-order valence-electron chi connectivity index (χ0n) is 9.42. The Morgan fingerprint density at radius 1 is 1.47 bits per heavy atom. The van der Waals surface area contributed by atoms with Gasteiger partial charge in [-0.2, -0.15) is 4.98 Å². The molecule has 0 amide bonds. The average Bonchev–Trinajstić information content (AvgIpc) is 2.66. The third-order valence-corrected chi connectivity index (χ3v) is 2.77. The SMILES string of the molecule is O=c1nc(NO)ccn1[C@@H]1O[C@H](C(O)F)[C@@H](O)[C@H]1O. The van der Waals surface area contributed by atoms with Crippen LogP contribution >= 0.6 is 0 Å². The van der Waals surface area contributed by atoms with Crippen LogP contribution in [0.15, 0.2) is 17.1 Å². The van der Waals surface area contributed by atoms with Crippen LogP contribution in [0.3, 0.4) is 0 Å². The van der Waals surface area contributed by atoms with Crippen LogP contribution in [0.5, 0.6) is 0 Å². The number of rotatable bonds is 3. The Morgan fingerprint density at radius 2 is 2.16 bits per heavy atom. The van der Waals surface area contributed by atoms with Crippen molar-refractivity contribution in [2.75, 3.05) is 5.48 Å². The van der Waals surface area contributed by atoms with Crippen LogP contribution in [0.4, 0.5) is 10.2 Å². The molecule has 0 saturated carbocycles. The van der Waals surface area contributed by atoms with Crippen molar-refractivity contribution in [3.8, 4) is 0 Å². The minimum Gasteiger partial charge on any atom is -0.387 e. The van der Waals surface area contributed by atoms with Gasteiger partial charge in [-0.15, -0.1) is 0 Å². The fourth-order valence-electron chi connectivity index (χ4n) is 1.81. The van der Waals surface area contributed by atoms with Crippen molar-refractivity contribution < 1.29 is 29.7 Å². The highest BCUT2D eigenvalue weighted by Crippen LogP contribution is 2.30. The summed E-state index contributed by atoms with van der Waals surface area (Å²) in [5.41, 5.74) is 0.757. The van der Waals surface area contributed by atoms with Crippen molar-refractivity contribution in [3.63, 3.8) is 0 Å². The molecule has 0 bridgehead atoms. The maximum Gasteiger partial charge on any atom is 0.351 e. The third kappa shape index (κ3) is 2.43. The number of alkyl halides is 1. The predicted molar refractivity (Wildman–Crippen MR) is 56.9 cm³/mol. The van der Waals surface area contributed by atoms with Crippen LogP contribution < -0.4 is 11.2 Å². The summed E-state index contributed by atoms with van der Waals surface area (Å²) in [7, 11) is 0. The van der Waals surface area contributed by atoms with Crippen LogP contribution in [0, 0.1) is 0 Å². The van der Waals surface area contributed by atoms with E-state index in [2.05, 4.69) is 4.98 Å². The lowest BCUT2D eigenvalue weighted by Crippen LogP contribution is -2.37. The lowest BCUT2D eigenvalue weighted by Gasteiger charge is -2.17. The smallest absolute Gasteiger partial charge is 0.351 e. The highest BCUT2D eigenvalue weighted by Gasteiger charge is 2.47. The van der Waals surface area contributed by atoms with E-state index < -0.39 is 36.6 Å². The highest BCUT2D eigenvalue weighted by atomic mass is 19.1. The van der Waals surface area contributed by atoms with Gasteiger partial charge in [0.2, 0.25) is 6.36 Å². The van der Waals surface area contributed by atoms with Gasteiger partial charge < -0.3 is 20.1 Å².